The van der Waals surface area contributed by atoms with E-state index in [2.05, 4.69) is 13.8 Å². The summed E-state index contributed by atoms with van der Waals surface area (Å²) in [6.45, 7) is 4.89. The molecule has 0 bridgehead atoms. The maximum atomic E-state index is 13.3. The lowest BCUT2D eigenvalue weighted by molar-refractivity contribution is -0.140. The Morgan fingerprint density at radius 3 is 2.39 bits per heavy atom. The molecule has 0 radical (unpaired) electrons. The van der Waals surface area contributed by atoms with Gasteiger partial charge in [0.25, 0.3) is 11.7 Å². The minimum absolute atomic E-state index is 0.000965. The molecule has 2 aromatic carbocycles. The van der Waals surface area contributed by atoms with Gasteiger partial charge in [0, 0.05) is 16.0 Å². The van der Waals surface area contributed by atoms with Crippen LogP contribution in [-0.4, -0.2) is 42.5 Å². The maximum Gasteiger partial charge on any atom is 0.295 e. The highest BCUT2D eigenvalue weighted by atomic mass is 32.1. The summed E-state index contributed by atoms with van der Waals surface area (Å²) in [5.41, 5.74) is 0.956. The number of ketones is 1. The van der Waals surface area contributed by atoms with Gasteiger partial charge in [0.1, 0.15) is 11.5 Å². The standard InChI is InChI=1S/C28H29NO6S/c1-17(2)16-35-19-12-10-18(11-13-19)25(30)23-24(21-8-5-9-22(33-3)27(21)34-4)29(28(32)26(23)31)15-20-7-6-14-36-20/h5-14,17,24,30H,15-16H2,1-4H3/b25-23+. The number of carbonyl (C=O) groups excluding carboxylic acids is 2. The molecule has 1 aliphatic rings. The van der Waals surface area contributed by atoms with Crippen LogP contribution in [0, 0.1) is 5.92 Å². The van der Waals surface area contributed by atoms with E-state index in [9.17, 15) is 14.7 Å². The third-order valence-electron chi connectivity index (χ3n) is 5.89. The molecular weight excluding hydrogens is 478 g/mol. The summed E-state index contributed by atoms with van der Waals surface area (Å²) in [6.07, 6.45) is 0. The Kier molecular flexibility index (Phi) is 7.64. The van der Waals surface area contributed by atoms with Gasteiger partial charge in [-0.05, 0) is 47.7 Å². The molecular formula is C28H29NO6S. The van der Waals surface area contributed by atoms with Crippen LogP contribution >= 0.6 is 11.3 Å². The second kappa shape index (κ2) is 10.9. The van der Waals surface area contributed by atoms with E-state index in [1.807, 2.05) is 17.5 Å². The number of aliphatic hydroxyl groups excluding tert-OH is 1. The van der Waals surface area contributed by atoms with E-state index in [0.717, 1.165) is 4.88 Å². The fourth-order valence-electron chi connectivity index (χ4n) is 4.19. The lowest BCUT2D eigenvalue weighted by atomic mass is 9.94. The number of hydrogen-bond donors (Lipinski definition) is 1. The van der Waals surface area contributed by atoms with Gasteiger partial charge in [-0.1, -0.05) is 32.0 Å². The Balaban J connectivity index is 1.83. The van der Waals surface area contributed by atoms with Crippen molar-refractivity contribution in [1.82, 2.24) is 4.90 Å². The number of methoxy groups -OCH3 is 2. The molecule has 3 aromatic rings. The molecule has 1 amide bonds. The van der Waals surface area contributed by atoms with Crippen molar-refractivity contribution in [3.8, 4) is 17.2 Å². The molecule has 7 nitrogen and oxygen atoms in total. The smallest absolute Gasteiger partial charge is 0.295 e. The highest BCUT2D eigenvalue weighted by Gasteiger charge is 2.47. The van der Waals surface area contributed by atoms with Crippen LogP contribution in [0.5, 0.6) is 17.2 Å². The molecule has 1 N–H and O–H groups in total. The molecule has 1 aromatic heterocycles. The Morgan fingerprint density at radius 1 is 1.03 bits per heavy atom. The van der Waals surface area contributed by atoms with E-state index in [1.54, 1.807) is 42.5 Å². The van der Waals surface area contributed by atoms with Gasteiger partial charge in [0.15, 0.2) is 11.5 Å². The first-order valence-corrected chi connectivity index (χ1v) is 12.5. The second-order valence-corrected chi connectivity index (χ2v) is 9.85. The van der Waals surface area contributed by atoms with Crippen molar-refractivity contribution in [3.05, 3.63) is 81.6 Å². The fourth-order valence-corrected chi connectivity index (χ4v) is 4.89. The summed E-state index contributed by atoms with van der Waals surface area (Å²) in [5, 5.41) is 13.3. The number of carbonyl (C=O) groups is 2. The molecule has 1 atom stereocenters. The van der Waals surface area contributed by atoms with Crippen molar-refractivity contribution in [2.24, 2.45) is 5.92 Å². The van der Waals surface area contributed by atoms with Crippen LogP contribution in [0.2, 0.25) is 0 Å². The predicted octanol–water partition coefficient (Wildman–Crippen LogP) is 5.42. The normalized spacial score (nSPS) is 17.0. The monoisotopic (exact) mass is 507 g/mol. The SMILES string of the molecule is COc1cccc(C2/C(=C(\O)c3ccc(OCC(C)C)cc3)C(=O)C(=O)N2Cc2cccs2)c1OC. The van der Waals surface area contributed by atoms with Crippen LogP contribution < -0.4 is 14.2 Å². The molecule has 1 saturated heterocycles. The van der Waals surface area contributed by atoms with Crippen LogP contribution in [0.15, 0.2) is 65.6 Å². The number of thiophene rings is 1. The number of para-hydroxylation sites is 1. The summed E-state index contributed by atoms with van der Waals surface area (Å²) >= 11 is 1.49. The van der Waals surface area contributed by atoms with Crippen LogP contribution in [-0.2, 0) is 16.1 Å². The minimum atomic E-state index is -0.867. The summed E-state index contributed by atoms with van der Waals surface area (Å²) in [5.74, 6) is 0.192. The highest BCUT2D eigenvalue weighted by molar-refractivity contribution is 7.09. The lowest BCUT2D eigenvalue weighted by Gasteiger charge is -2.26. The maximum absolute atomic E-state index is 13.3. The molecule has 4 rings (SSSR count). The number of Topliss-reactive ketones (excluding diaryl/α,β-unsaturated/α-hetero) is 1. The topological polar surface area (TPSA) is 85.3 Å². The summed E-state index contributed by atoms with van der Waals surface area (Å²) < 4.78 is 16.8. The van der Waals surface area contributed by atoms with Gasteiger partial charge in [-0.15, -0.1) is 11.3 Å². The van der Waals surface area contributed by atoms with Gasteiger partial charge in [0.2, 0.25) is 0 Å². The first kappa shape index (κ1) is 25.3. The Morgan fingerprint density at radius 2 is 1.78 bits per heavy atom. The van der Waals surface area contributed by atoms with E-state index in [1.165, 1.54) is 30.5 Å². The summed E-state index contributed by atoms with van der Waals surface area (Å²) in [6, 6.07) is 15.0. The number of likely N-dealkylation sites (tertiary alicyclic amines) is 1. The number of amides is 1. The number of hydrogen-bond acceptors (Lipinski definition) is 7. The van der Waals surface area contributed by atoms with Crippen molar-refractivity contribution in [2.75, 3.05) is 20.8 Å². The molecule has 36 heavy (non-hydrogen) atoms. The van der Waals surface area contributed by atoms with Crippen molar-refractivity contribution in [1.29, 1.82) is 0 Å². The Labute approximate surface area is 214 Å². The zero-order chi connectivity index (χ0) is 25.8. The largest absolute Gasteiger partial charge is 0.507 e. The van der Waals surface area contributed by atoms with Crippen LogP contribution in [0.1, 0.15) is 35.9 Å². The van der Waals surface area contributed by atoms with E-state index in [4.69, 9.17) is 14.2 Å². The van der Waals surface area contributed by atoms with E-state index < -0.39 is 17.7 Å². The Hall–Kier alpha value is -3.78. The molecule has 1 unspecified atom stereocenters. The number of nitrogens with zero attached hydrogens (tertiary/aromatic N) is 1. The van der Waals surface area contributed by atoms with Gasteiger partial charge in [-0.3, -0.25) is 9.59 Å². The van der Waals surface area contributed by atoms with Crippen LogP contribution in [0.3, 0.4) is 0 Å². The average Bonchev–Trinajstić information content (AvgIpc) is 3.49. The Bertz CT molecular complexity index is 1260. The van der Waals surface area contributed by atoms with Gasteiger partial charge in [-0.2, -0.15) is 0 Å². The number of benzene rings is 2. The molecule has 188 valence electrons. The lowest BCUT2D eigenvalue weighted by Crippen LogP contribution is -2.29. The first-order chi connectivity index (χ1) is 17.3. The minimum Gasteiger partial charge on any atom is -0.507 e. The zero-order valence-corrected chi connectivity index (χ0v) is 21.5. The third kappa shape index (κ3) is 4.95. The van der Waals surface area contributed by atoms with E-state index in [-0.39, 0.29) is 17.9 Å². The third-order valence-corrected chi connectivity index (χ3v) is 6.75. The number of rotatable bonds is 9. The molecule has 2 heterocycles. The zero-order valence-electron chi connectivity index (χ0n) is 20.7. The van der Waals surface area contributed by atoms with Crippen LogP contribution in [0.25, 0.3) is 5.76 Å². The van der Waals surface area contributed by atoms with Crippen molar-refractivity contribution < 1.29 is 28.9 Å². The van der Waals surface area contributed by atoms with Crippen molar-refractivity contribution in [2.45, 2.75) is 26.4 Å². The average molecular weight is 508 g/mol. The second-order valence-electron chi connectivity index (χ2n) is 8.82. The number of aliphatic hydroxyl groups is 1. The van der Waals surface area contributed by atoms with E-state index in [0.29, 0.717) is 40.9 Å². The summed E-state index contributed by atoms with van der Waals surface area (Å²) in [4.78, 5) is 29.0. The first-order valence-electron chi connectivity index (χ1n) is 11.6. The van der Waals surface area contributed by atoms with Gasteiger partial charge >= 0.3 is 0 Å². The van der Waals surface area contributed by atoms with Gasteiger partial charge < -0.3 is 24.2 Å². The van der Waals surface area contributed by atoms with Gasteiger partial charge in [0.05, 0.1) is 39.0 Å². The van der Waals surface area contributed by atoms with E-state index >= 15 is 0 Å². The molecule has 0 saturated carbocycles. The molecule has 0 spiro atoms. The van der Waals surface area contributed by atoms with Crippen molar-refractivity contribution >= 4 is 28.8 Å². The predicted molar refractivity (Wildman–Crippen MR) is 138 cm³/mol. The molecule has 8 heteroatoms. The quantitative estimate of drug-likeness (QED) is 0.236. The molecule has 1 aliphatic heterocycles. The molecule has 1 fully saturated rings. The summed E-state index contributed by atoms with van der Waals surface area (Å²) in [7, 11) is 3.02. The molecule has 0 aliphatic carbocycles. The highest BCUT2D eigenvalue weighted by Crippen LogP contribution is 2.46. The number of ether oxygens (including phenoxy) is 3. The van der Waals surface area contributed by atoms with Crippen LogP contribution in [0.4, 0.5) is 0 Å². The van der Waals surface area contributed by atoms with Gasteiger partial charge in [-0.25, -0.2) is 0 Å². The van der Waals surface area contributed by atoms with Crippen molar-refractivity contribution in [3.63, 3.8) is 0 Å². The fraction of sp³-hybridized carbons (Fsp3) is 0.286.